The van der Waals surface area contributed by atoms with E-state index in [1.54, 1.807) is 27.8 Å². The number of hydrogen-bond acceptors (Lipinski definition) is 5. The van der Waals surface area contributed by atoms with Gasteiger partial charge in [0.05, 0.1) is 0 Å². The Morgan fingerprint density at radius 3 is 1.88 bits per heavy atom. The lowest BCUT2D eigenvalue weighted by Crippen LogP contribution is -2.36. The fraction of sp³-hybridized carbons (Fsp3) is 0.737. The summed E-state index contributed by atoms with van der Waals surface area (Å²) in [6.45, 7) is 13.4. The van der Waals surface area contributed by atoms with Crippen molar-refractivity contribution in [1.29, 1.82) is 0 Å². The van der Waals surface area contributed by atoms with Gasteiger partial charge in [-0.2, -0.15) is 0 Å². The van der Waals surface area contributed by atoms with Crippen molar-refractivity contribution in [2.45, 2.75) is 72.5 Å². The molecule has 0 radical (unpaired) electrons. The van der Waals surface area contributed by atoms with E-state index in [4.69, 9.17) is 9.47 Å². The summed E-state index contributed by atoms with van der Waals surface area (Å²) < 4.78 is 10.5. The predicted molar refractivity (Wildman–Crippen MR) is 101 cm³/mol. The zero-order valence-corrected chi connectivity index (χ0v) is 17.4. The topological polar surface area (TPSA) is 76.2 Å². The van der Waals surface area contributed by atoms with Gasteiger partial charge in [0.15, 0.2) is 0 Å². The summed E-state index contributed by atoms with van der Waals surface area (Å²) in [5.41, 5.74) is -0.134. The van der Waals surface area contributed by atoms with E-state index < -0.39 is 17.3 Å². The lowest BCUT2D eigenvalue weighted by Gasteiger charge is -2.24. The summed E-state index contributed by atoms with van der Waals surface area (Å²) in [7, 11) is 1.69. The molecule has 150 valence electrons. The number of ether oxygens (including phenoxy) is 2. The van der Waals surface area contributed by atoms with E-state index in [0.29, 0.717) is 25.8 Å². The Morgan fingerprint density at radius 2 is 1.42 bits per heavy atom. The summed E-state index contributed by atoms with van der Waals surface area (Å²) in [6.07, 6.45) is 2.67. The Hall–Kier alpha value is -2.05. The van der Waals surface area contributed by atoms with E-state index >= 15 is 0 Å². The summed E-state index contributed by atoms with van der Waals surface area (Å²) >= 11 is 0. The van der Waals surface area contributed by atoms with Crippen LogP contribution in [0.5, 0.6) is 0 Å². The Morgan fingerprint density at radius 1 is 0.923 bits per heavy atom. The zero-order valence-electron chi connectivity index (χ0n) is 17.4. The van der Waals surface area contributed by atoms with Gasteiger partial charge in [-0.15, -0.1) is 0 Å². The number of nitrogens with zero attached hydrogens (tertiary/aromatic N) is 2. The molecule has 0 atom stereocenters. The first-order valence-corrected chi connectivity index (χ1v) is 8.80. The SMILES string of the molecule is C/C(=C/CCN(C)C(=O)OC(C)(C)C)CCN(C=O)C(=O)OC(C)(C)C. The minimum absolute atomic E-state index is 0.253. The smallest absolute Gasteiger partial charge is 0.416 e. The Labute approximate surface area is 157 Å². The van der Waals surface area contributed by atoms with Gasteiger partial charge in [-0.3, -0.25) is 4.79 Å². The van der Waals surface area contributed by atoms with Crippen LogP contribution in [-0.4, -0.2) is 59.7 Å². The van der Waals surface area contributed by atoms with E-state index in [1.165, 1.54) is 4.90 Å². The number of amides is 3. The maximum atomic E-state index is 11.9. The molecule has 0 saturated carbocycles. The van der Waals surface area contributed by atoms with E-state index in [2.05, 4.69) is 0 Å². The van der Waals surface area contributed by atoms with Gasteiger partial charge in [0.1, 0.15) is 11.2 Å². The number of rotatable bonds is 7. The van der Waals surface area contributed by atoms with Gasteiger partial charge in [0, 0.05) is 20.1 Å². The first-order chi connectivity index (χ1) is 11.7. The largest absolute Gasteiger partial charge is 0.444 e. The van der Waals surface area contributed by atoms with Gasteiger partial charge in [0.2, 0.25) is 6.41 Å². The minimum Gasteiger partial charge on any atom is -0.444 e. The lowest BCUT2D eigenvalue weighted by molar-refractivity contribution is -0.117. The quantitative estimate of drug-likeness (QED) is 0.500. The van der Waals surface area contributed by atoms with Crippen LogP contribution in [-0.2, 0) is 14.3 Å². The van der Waals surface area contributed by atoms with Crippen molar-refractivity contribution in [3.63, 3.8) is 0 Å². The molecule has 3 amide bonds. The fourth-order valence-corrected chi connectivity index (χ4v) is 1.84. The first-order valence-electron chi connectivity index (χ1n) is 8.80. The molecule has 0 aromatic heterocycles. The molecule has 7 nitrogen and oxygen atoms in total. The average molecular weight is 370 g/mol. The first kappa shape index (κ1) is 23.9. The highest BCUT2D eigenvalue weighted by atomic mass is 16.6. The van der Waals surface area contributed by atoms with Crippen LogP contribution < -0.4 is 0 Å². The molecule has 0 fully saturated rings. The van der Waals surface area contributed by atoms with Gasteiger partial charge in [-0.25, -0.2) is 14.5 Å². The molecule has 0 aliphatic rings. The summed E-state index contributed by atoms with van der Waals surface area (Å²) in [6, 6.07) is 0. The van der Waals surface area contributed by atoms with Crippen molar-refractivity contribution < 1.29 is 23.9 Å². The van der Waals surface area contributed by atoms with Gasteiger partial charge in [-0.1, -0.05) is 11.6 Å². The molecule has 0 saturated heterocycles. The average Bonchev–Trinajstić information content (AvgIpc) is 2.43. The molecule has 0 aliphatic heterocycles. The second kappa shape index (κ2) is 10.2. The van der Waals surface area contributed by atoms with Crippen molar-refractivity contribution >= 4 is 18.6 Å². The van der Waals surface area contributed by atoms with Crippen LogP contribution in [0.25, 0.3) is 0 Å². The monoisotopic (exact) mass is 370 g/mol. The third-order valence-corrected chi connectivity index (χ3v) is 3.16. The molecule has 0 aromatic carbocycles. The minimum atomic E-state index is -0.648. The van der Waals surface area contributed by atoms with Crippen LogP contribution in [0, 0.1) is 0 Å². The highest BCUT2D eigenvalue weighted by Gasteiger charge is 2.21. The molecule has 0 bridgehead atoms. The van der Waals surface area contributed by atoms with Gasteiger partial charge in [-0.05, 0) is 61.3 Å². The predicted octanol–water partition coefficient (Wildman–Crippen LogP) is 3.97. The fourth-order valence-electron chi connectivity index (χ4n) is 1.84. The van der Waals surface area contributed by atoms with Crippen LogP contribution >= 0.6 is 0 Å². The van der Waals surface area contributed by atoms with Crippen LogP contribution in [0.3, 0.4) is 0 Å². The second-order valence-electron chi connectivity index (χ2n) is 8.27. The molecule has 26 heavy (non-hydrogen) atoms. The highest BCUT2D eigenvalue weighted by molar-refractivity contribution is 5.80. The van der Waals surface area contributed by atoms with Gasteiger partial charge in [0.25, 0.3) is 0 Å². The highest BCUT2D eigenvalue weighted by Crippen LogP contribution is 2.12. The van der Waals surface area contributed by atoms with Crippen molar-refractivity contribution in [3.8, 4) is 0 Å². The number of hydrogen-bond donors (Lipinski definition) is 0. The second-order valence-corrected chi connectivity index (χ2v) is 8.27. The molecule has 0 N–H and O–H groups in total. The molecular formula is C19H34N2O5. The number of imide groups is 1. The standard InChI is InChI=1S/C19H34N2O5/c1-15(10-9-12-20(8)16(23)25-18(2,3)4)11-13-21(14-22)17(24)26-19(5,6)7/h10,14H,9,11-13H2,1-8H3/b15-10-. The molecule has 0 spiro atoms. The molecular weight excluding hydrogens is 336 g/mol. The van der Waals surface area contributed by atoms with Crippen molar-refractivity contribution in [2.24, 2.45) is 0 Å². The van der Waals surface area contributed by atoms with Gasteiger partial charge < -0.3 is 14.4 Å². The van der Waals surface area contributed by atoms with Crippen LogP contribution in [0.1, 0.15) is 61.3 Å². The Kier molecular flexibility index (Phi) is 9.38. The number of carbonyl (C=O) groups is 3. The maximum absolute atomic E-state index is 11.9. The molecule has 0 aliphatic carbocycles. The third-order valence-electron chi connectivity index (χ3n) is 3.16. The summed E-state index contributed by atoms with van der Waals surface area (Å²) in [4.78, 5) is 37.4. The molecule has 0 unspecified atom stereocenters. The normalized spacial score (nSPS) is 12.4. The van der Waals surface area contributed by atoms with Crippen molar-refractivity contribution in [2.75, 3.05) is 20.1 Å². The zero-order chi connectivity index (χ0) is 20.5. The third kappa shape index (κ3) is 11.5. The number of carbonyl (C=O) groups excluding carboxylic acids is 3. The summed E-state index contributed by atoms with van der Waals surface area (Å²) in [5, 5.41) is 0. The van der Waals surface area contributed by atoms with Crippen LogP contribution in [0.2, 0.25) is 0 Å². The van der Waals surface area contributed by atoms with E-state index in [9.17, 15) is 14.4 Å². The Bertz CT molecular complexity index is 515. The van der Waals surface area contributed by atoms with Crippen molar-refractivity contribution in [1.82, 2.24) is 9.80 Å². The van der Waals surface area contributed by atoms with E-state index in [0.717, 1.165) is 10.5 Å². The Balaban J connectivity index is 4.38. The van der Waals surface area contributed by atoms with E-state index in [-0.39, 0.29) is 12.6 Å². The summed E-state index contributed by atoms with van der Waals surface area (Å²) in [5.74, 6) is 0. The van der Waals surface area contributed by atoms with Crippen LogP contribution in [0.15, 0.2) is 11.6 Å². The van der Waals surface area contributed by atoms with Crippen molar-refractivity contribution in [3.05, 3.63) is 11.6 Å². The van der Waals surface area contributed by atoms with E-state index in [1.807, 2.05) is 33.8 Å². The molecule has 0 aromatic rings. The van der Waals surface area contributed by atoms with Crippen LogP contribution in [0.4, 0.5) is 9.59 Å². The molecule has 0 rings (SSSR count). The maximum Gasteiger partial charge on any atom is 0.416 e. The molecule has 0 heterocycles. The lowest BCUT2D eigenvalue weighted by atomic mass is 10.1. The van der Waals surface area contributed by atoms with Gasteiger partial charge >= 0.3 is 12.2 Å². The molecule has 7 heteroatoms.